The number of nitrogens with zero attached hydrogens (tertiary/aromatic N) is 1. The number of para-hydroxylation sites is 1. The minimum Gasteiger partial charge on any atom is -0.454 e. The summed E-state index contributed by atoms with van der Waals surface area (Å²) in [6, 6.07) is 12.2. The molecule has 0 atom stereocenters. The Labute approximate surface area is 203 Å². The standard InChI is InChI=1S/C26H37N3O4S/c1-3-5-16-29(17-6-4-2)23-18-20(26(30)28-21-12-10-11-13-21)19-24(34(27,31)32)25(23)33-22-14-8-7-9-15-22/h7-9,14-15,18-19,21H,3-6,10-13,16-17H2,1-2H3,(H,28,30)(H2,27,31,32). The molecule has 1 saturated carbocycles. The molecule has 0 saturated heterocycles. The number of sulfonamides is 1. The number of carbonyl (C=O) groups excluding carboxylic acids is 1. The van der Waals surface area contributed by atoms with Crippen LogP contribution >= 0.6 is 0 Å². The highest BCUT2D eigenvalue weighted by atomic mass is 32.2. The minimum absolute atomic E-state index is 0.116. The maximum atomic E-state index is 13.1. The Balaban J connectivity index is 2.13. The van der Waals surface area contributed by atoms with Gasteiger partial charge in [0.15, 0.2) is 5.75 Å². The van der Waals surface area contributed by atoms with Gasteiger partial charge in [-0.25, -0.2) is 13.6 Å². The molecule has 2 aromatic carbocycles. The van der Waals surface area contributed by atoms with Crippen molar-refractivity contribution in [2.75, 3.05) is 18.0 Å². The van der Waals surface area contributed by atoms with Gasteiger partial charge in [-0.1, -0.05) is 57.7 Å². The molecule has 3 N–H and O–H groups in total. The highest BCUT2D eigenvalue weighted by Crippen LogP contribution is 2.39. The average molecular weight is 488 g/mol. The molecule has 1 aliphatic rings. The molecule has 0 bridgehead atoms. The van der Waals surface area contributed by atoms with Crippen molar-refractivity contribution in [1.82, 2.24) is 5.32 Å². The van der Waals surface area contributed by atoms with Crippen molar-refractivity contribution >= 4 is 21.6 Å². The van der Waals surface area contributed by atoms with Crippen molar-refractivity contribution in [2.45, 2.75) is 76.2 Å². The number of benzene rings is 2. The number of carbonyl (C=O) groups is 1. The van der Waals surface area contributed by atoms with Crippen LogP contribution in [-0.4, -0.2) is 33.5 Å². The van der Waals surface area contributed by atoms with E-state index in [1.165, 1.54) is 6.07 Å². The molecule has 1 amide bonds. The van der Waals surface area contributed by atoms with Gasteiger partial charge < -0.3 is 15.0 Å². The first kappa shape index (κ1) is 26.0. The number of ether oxygens (including phenoxy) is 1. The van der Waals surface area contributed by atoms with Gasteiger partial charge in [-0.2, -0.15) is 0 Å². The first-order chi connectivity index (χ1) is 16.3. The average Bonchev–Trinajstić information content (AvgIpc) is 3.32. The lowest BCUT2D eigenvalue weighted by molar-refractivity contribution is 0.0937. The summed E-state index contributed by atoms with van der Waals surface area (Å²) in [6.45, 7) is 5.67. The Morgan fingerprint density at radius 1 is 1.06 bits per heavy atom. The summed E-state index contributed by atoms with van der Waals surface area (Å²) in [7, 11) is -4.17. The Kier molecular flexibility index (Phi) is 9.36. The van der Waals surface area contributed by atoms with Crippen molar-refractivity contribution in [3.8, 4) is 11.5 Å². The minimum atomic E-state index is -4.17. The molecule has 0 spiro atoms. The number of primary sulfonamides is 1. The maximum Gasteiger partial charge on any atom is 0.251 e. The first-order valence-electron chi connectivity index (χ1n) is 12.3. The topological polar surface area (TPSA) is 102 Å². The van der Waals surface area contributed by atoms with Crippen molar-refractivity contribution in [3.63, 3.8) is 0 Å². The van der Waals surface area contributed by atoms with Gasteiger partial charge in [-0.05, 0) is 49.9 Å². The van der Waals surface area contributed by atoms with Crippen molar-refractivity contribution < 1.29 is 17.9 Å². The number of hydrogen-bond donors (Lipinski definition) is 2. The normalized spacial score (nSPS) is 14.2. The summed E-state index contributed by atoms with van der Waals surface area (Å²) in [5.41, 5.74) is 0.859. The number of amides is 1. The van der Waals surface area contributed by atoms with E-state index in [4.69, 9.17) is 9.88 Å². The molecule has 1 fully saturated rings. The van der Waals surface area contributed by atoms with Gasteiger partial charge in [0, 0.05) is 24.7 Å². The van der Waals surface area contributed by atoms with E-state index in [2.05, 4.69) is 24.1 Å². The molecule has 186 valence electrons. The molecular weight excluding hydrogens is 450 g/mol. The van der Waals surface area contributed by atoms with Gasteiger partial charge in [-0.3, -0.25) is 4.79 Å². The lowest BCUT2D eigenvalue weighted by Crippen LogP contribution is -2.33. The van der Waals surface area contributed by atoms with Gasteiger partial charge in [0.1, 0.15) is 10.6 Å². The Bertz CT molecular complexity index is 1040. The van der Waals surface area contributed by atoms with Crippen LogP contribution in [-0.2, 0) is 10.0 Å². The van der Waals surface area contributed by atoms with Gasteiger partial charge in [-0.15, -0.1) is 0 Å². The zero-order chi connectivity index (χ0) is 24.6. The van der Waals surface area contributed by atoms with E-state index in [9.17, 15) is 13.2 Å². The predicted molar refractivity (Wildman–Crippen MR) is 136 cm³/mol. The molecule has 1 aliphatic carbocycles. The molecular formula is C26H37N3O4S. The van der Waals surface area contributed by atoms with Crippen LogP contribution in [0.1, 0.15) is 75.6 Å². The maximum absolute atomic E-state index is 13.1. The molecule has 3 rings (SSSR count). The molecule has 34 heavy (non-hydrogen) atoms. The quantitative estimate of drug-likeness (QED) is 0.428. The van der Waals surface area contributed by atoms with E-state index in [0.717, 1.165) is 64.5 Å². The summed E-state index contributed by atoms with van der Waals surface area (Å²) in [6.07, 6.45) is 7.89. The summed E-state index contributed by atoms with van der Waals surface area (Å²) in [5, 5.41) is 8.72. The SMILES string of the molecule is CCCCN(CCCC)c1cc(C(=O)NC2CCCC2)cc(S(N)(=O)=O)c1Oc1ccccc1. The van der Waals surface area contributed by atoms with Crippen molar-refractivity contribution in [1.29, 1.82) is 0 Å². The van der Waals surface area contributed by atoms with Crippen LogP contribution in [0.4, 0.5) is 5.69 Å². The highest BCUT2D eigenvalue weighted by Gasteiger charge is 2.27. The third kappa shape index (κ3) is 6.96. The molecule has 7 nitrogen and oxygen atoms in total. The van der Waals surface area contributed by atoms with Crippen LogP contribution in [0, 0.1) is 0 Å². The zero-order valence-corrected chi connectivity index (χ0v) is 21.1. The summed E-state index contributed by atoms with van der Waals surface area (Å²) < 4.78 is 31.6. The molecule has 0 aliphatic heterocycles. The summed E-state index contributed by atoms with van der Waals surface area (Å²) in [5.74, 6) is 0.385. The second-order valence-electron chi connectivity index (χ2n) is 8.93. The van der Waals surface area contributed by atoms with E-state index in [1.54, 1.807) is 18.2 Å². The van der Waals surface area contributed by atoms with Gasteiger partial charge in [0.2, 0.25) is 10.0 Å². The monoisotopic (exact) mass is 487 g/mol. The Morgan fingerprint density at radius 3 is 2.24 bits per heavy atom. The van der Waals surface area contributed by atoms with Gasteiger partial charge in [0.05, 0.1) is 5.69 Å². The molecule has 8 heteroatoms. The number of nitrogens with one attached hydrogen (secondary N) is 1. The Morgan fingerprint density at radius 2 is 1.68 bits per heavy atom. The van der Waals surface area contributed by atoms with Crippen LogP contribution in [0.3, 0.4) is 0 Å². The van der Waals surface area contributed by atoms with Crippen molar-refractivity contribution in [2.24, 2.45) is 5.14 Å². The van der Waals surface area contributed by atoms with Gasteiger partial charge in [0.25, 0.3) is 5.91 Å². The largest absolute Gasteiger partial charge is 0.454 e. The van der Waals surface area contributed by atoms with E-state index >= 15 is 0 Å². The van der Waals surface area contributed by atoms with Crippen LogP contribution < -0.4 is 20.1 Å². The molecule has 2 aromatic rings. The Hall–Kier alpha value is -2.58. The van der Waals surface area contributed by atoms with Crippen LogP contribution in [0.15, 0.2) is 47.4 Å². The van der Waals surface area contributed by atoms with Crippen molar-refractivity contribution in [3.05, 3.63) is 48.0 Å². The third-order valence-corrected chi connectivity index (χ3v) is 7.08. The fourth-order valence-corrected chi connectivity index (χ4v) is 4.96. The second kappa shape index (κ2) is 12.2. The van der Waals surface area contributed by atoms with E-state index in [-0.39, 0.29) is 28.2 Å². The lowest BCUT2D eigenvalue weighted by Gasteiger charge is -2.28. The molecule has 0 unspecified atom stereocenters. The zero-order valence-electron chi connectivity index (χ0n) is 20.3. The summed E-state index contributed by atoms with van der Waals surface area (Å²) >= 11 is 0. The fourth-order valence-electron chi connectivity index (χ4n) is 4.26. The third-order valence-electron chi connectivity index (χ3n) is 6.16. The van der Waals surface area contributed by atoms with Crippen LogP contribution in [0.5, 0.6) is 11.5 Å². The summed E-state index contributed by atoms with van der Waals surface area (Å²) in [4.78, 5) is 15.1. The number of unbranched alkanes of at least 4 members (excludes halogenated alkanes) is 2. The number of rotatable bonds is 12. The first-order valence-corrected chi connectivity index (χ1v) is 13.9. The smallest absolute Gasteiger partial charge is 0.251 e. The molecule has 0 aromatic heterocycles. The number of nitrogens with two attached hydrogens (primary N) is 1. The lowest BCUT2D eigenvalue weighted by atomic mass is 10.1. The van der Waals surface area contributed by atoms with Crippen LogP contribution in [0.2, 0.25) is 0 Å². The molecule has 0 heterocycles. The number of anilines is 1. The second-order valence-corrected chi connectivity index (χ2v) is 10.5. The number of hydrogen-bond acceptors (Lipinski definition) is 5. The van der Waals surface area contributed by atoms with E-state index in [1.807, 2.05) is 18.2 Å². The highest BCUT2D eigenvalue weighted by molar-refractivity contribution is 7.89. The molecule has 0 radical (unpaired) electrons. The van der Waals surface area contributed by atoms with Gasteiger partial charge >= 0.3 is 0 Å². The van der Waals surface area contributed by atoms with E-state index < -0.39 is 10.0 Å². The van der Waals surface area contributed by atoms with Crippen LogP contribution in [0.25, 0.3) is 0 Å². The fraction of sp³-hybridized carbons (Fsp3) is 0.500. The van der Waals surface area contributed by atoms with E-state index in [0.29, 0.717) is 11.4 Å². The predicted octanol–water partition coefficient (Wildman–Crippen LogP) is 5.21.